The SMILES string of the molecule is CCNC(=O)c1cc2c(Oc3ccc(CC(=O)C4(C(=O)Cc5ccc(F)cc5)CC4)cc3)ccnc2cc1OC. The van der Waals surface area contributed by atoms with Crippen molar-refractivity contribution in [3.8, 4) is 17.2 Å². The molecular formula is C32H29FN2O5. The summed E-state index contributed by atoms with van der Waals surface area (Å²) in [5, 5.41) is 3.44. The number of hydrogen-bond acceptors (Lipinski definition) is 6. The molecule has 1 aromatic heterocycles. The Labute approximate surface area is 231 Å². The summed E-state index contributed by atoms with van der Waals surface area (Å²) < 4.78 is 24.7. The normalized spacial score (nSPS) is 13.5. The second kappa shape index (κ2) is 11.3. The van der Waals surface area contributed by atoms with Crippen LogP contribution in [0.5, 0.6) is 17.2 Å². The van der Waals surface area contributed by atoms with E-state index in [2.05, 4.69) is 10.3 Å². The molecule has 4 aromatic rings. The van der Waals surface area contributed by atoms with Gasteiger partial charge in [0.2, 0.25) is 0 Å². The number of carbonyl (C=O) groups excluding carboxylic acids is 3. The maximum Gasteiger partial charge on any atom is 0.255 e. The first-order valence-corrected chi connectivity index (χ1v) is 13.2. The third-order valence-corrected chi connectivity index (χ3v) is 7.22. The highest BCUT2D eigenvalue weighted by molar-refractivity contribution is 6.11. The fourth-order valence-corrected chi connectivity index (χ4v) is 4.79. The molecule has 1 aliphatic carbocycles. The van der Waals surface area contributed by atoms with E-state index in [0.29, 0.717) is 58.7 Å². The van der Waals surface area contributed by atoms with Crippen molar-refractivity contribution >= 4 is 28.4 Å². The number of fused-ring (bicyclic) bond motifs is 1. The minimum absolute atomic E-state index is 0.0970. The number of methoxy groups -OCH3 is 1. The molecule has 0 spiro atoms. The van der Waals surface area contributed by atoms with Gasteiger partial charge in [0.25, 0.3) is 5.91 Å². The molecule has 0 radical (unpaired) electrons. The number of Topliss-reactive ketones (excluding diaryl/α,β-unsaturated/α-hetero) is 2. The van der Waals surface area contributed by atoms with Crippen molar-refractivity contribution < 1.29 is 28.2 Å². The van der Waals surface area contributed by atoms with Gasteiger partial charge in [-0.25, -0.2) is 4.39 Å². The van der Waals surface area contributed by atoms with Crippen LogP contribution in [-0.4, -0.2) is 36.1 Å². The van der Waals surface area contributed by atoms with Crippen LogP contribution in [0, 0.1) is 11.2 Å². The van der Waals surface area contributed by atoms with Crippen molar-refractivity contribution in [2.24, 2.45) is 5.41 Å². The molecule has 1 N–H and O–H groups in total. The molecule has 0 bridgehead atoms. The number of ketones is 2. The van der Waals surface area contributed by atoms with Gasteiger partial charge < -0.3 is 14.8 Å². The molecule has 8 heteroatoms. The fraction of sp³-hybridized carbons (Fsp3) is 0.250. The Morgan fingerprint density at radius 3 is 2.10 bits per heavy atom. The van der Waals surface area contributed by atoms with Crippen LogP contribution in [0.25, 0.3) is 10.9 Å². The molecular weight excluding hydrogens is 511 g/mol. The highest BCUT2D eigenvalue weighted by Crippen LogP contribution is 2.48. The lowest BCUT2D eigenvalue weighted by atomic mass is 9.88. The van der Waals surface area contributed by atoms with Gasteiger partial charge in [-0.05, 0) is 67.3 Å². The lowest BCUT2D eigenvalue weighted by molar-refractivity contribution is -0.133. The summed E-state index contributed by atoms with van der Waals surface area (Å²) in [6.45, 7) is 2.32. The van der Waals surface area contributed by atoms with Crippen LogP contribution < -0.4 is 14.8 Å². The highest BCUT2D eigenvalue weighted by atomic mass is 19.1. The largest absolute Gasteiger partial charge is 0.496 e. The zero-order valence-corrected chi connectivity index (χ0v) is 22.3. The molecule has 0 saturated heterocycles. The predicted molar refractivity (Wildman–Crippen MR) is 148 cm³/mol. The van der Waals surface area contributed by atoms with Crippen LogP contribution in [0.3, 0.4) is 0 Å². The number of nitrogens with zero attached hydrogens (tertiary/aromatic N) is 1. The molecule has 5 rings (SSSR count). The Kier molecular flexibility index (Phi) is 7.60. The predicted octanol–water partition coefficient (Wildman–Crippen LogP) is 5.63. The molecule has 1 amide bonds. The van der Waals surface area contributed by atoms with Crippen molar-refractivity contribution in [2.45, 2.75) is 32.6 Å². The van der Waals surface area contributed by atoms with Gasteiger partial charge in [-0.1, -0.05) is 24.3 Å². The maximum atomic E-state index is 13.2. The van der Waals surface area contributed by atoms with E-state index in [0.717, 1.165) is 5.56 Å². The van der Waals surface area contributed by atoms with Gasteiger partial charge in [0.1, 0.15) is 23.1 Å². The van der Waals surface area contributed by atoms with Gasteiger partial charge in [-0.2, -0.15) is 0 Å². The average Bonchev–Trinajstić information content (AvgIpc) is 3.77. The lowest BCUT2D eigenvalue weighted by Gasteiger charge is -2.14. The van der Waals surface area contributed by atoms with E-state index in [4.69, 9.17) is 9.47 Å². The van der Waals surface area contributed by atoms with Crippen molar-refractivity contribution in [2.75, 3.05) is 13.7 Å². The van der Waals surface area contributed by atoms with Crippen LogP contribution in [0.15, 0.2) is 72.9 Å². The summed E-state index contributed by atoms with van der Waals surface area (Å²) >= 11 is 0. The van der Waals surface area contributed by atoms with Crippen molar-refractivity contribution in [1.29, 1.82) is 0 Å². The first kappa shape index (κ1) is 27.0. The van der Waals surface area contributed by atoms with Gasteiger partial charge in [-0.3, -0.25) is 19.4 Å². The van der Waals surface area contributed by atoms with E-state index >= 15 is 0 Å². The van der Waals surface area contributed by atoms with Crippen molar-refractivity contribution in [1.82, 2.24) is 10.3 Å². The molecule has 1 saturated carbocycles. The molecule has 40 heavy (non-hydrogen) atoms. The van der Waals surface area contributed by atoms with Crippen molar-refractivity contribution in [3.63, 3.8) is 0 Å². The molecule has 0 aliphatic heterocycles. The summed E-state index contributed by atoms with van der Waals surface area (Å²) in [5.41, 5.74) is 1.53. The third-order valence-electron chi connectivity index (χ3n) is 7.22. The van der Waals surface area contributed by atoms with E-state index in [1.807, 2.05) is 6.92 Å². The van der Waals surface area contributed by atoms with Crippen LogP contribution >= 0.6 is 0 Å². The smallest absolute Gasteiger partial charge is 0.255 e. The molecule has 3 aromatic carbocycles. The van der Waals surface area contributed by atoms with E-state index in [1.165, 1.54) is 19.2 Å². The number of carbonyl (C=O) groups is 3. The first-order chi connectivity index (χ1) is 19.3. The van der Waals surface area contributed by atoms with E-state index in [1.54, 1.807) is 60.8 Å². The zero-order valence-electron chi connectivity index (χ0n) is 22.3. The molecule has 204 valence electrons. The number of pyridine rings is 1. The molecule has 1 heterocycles. The number of benzene rings is 3. The minimum atomic E-state index is -0.942. The van der Waals surface area contributed by atoms with Gasteiger partial charge in [-0.15, -0.1) is 0 Å². The fourth-order valence-electron chi connectivity index (χ4n) is 4.79. The highest BCUT2D eigenvalue weighted by Gasteiger charge is 2.54. The van der Waals surface area contributed by atoms with Gasteiger partial charge >= 0.3 is 0 Å². The van der Waals surface area contributed by atoms with Gasteiger partial charge in [0, 0.05) is 37.0 Å². The summed E-state index contributed by atoms with van der Waals surface area (Å²) in [5.74, 6) is 0.661. The number of nitrogens with one attached hydrogen (secondary N) is 1. The van der Waals surface area contributed by atoms with Crippen molar-refractivity contribution in [3.05, 3.63) is 95.4 Å². The Bertz CT molecular complexity index is 1580. The maximum absolute atomic E-state index is 13.2. The van der Waals surface area contributed by atoms with Crippen LogP contribution in [0.1, 0.15) is 41.3 Å². The zero-order chi connectivity index (χ0) is 28.3. The number of rotatable bonds is 11. The summed E-state index contributed by atoms with van der Waals surface area (Å²) in [6.07, 6.45) is 2.97. The van der Waals surface area contributed by atoms with Gasteiger partial charge in [0.15, 0.2) is 11.6 Å². The molecule has 1 aliphatic rings. The van der Waals surface area contributed by atoms with E-state index < -0.39 is 5.41 Å². The number of aromatic nitrogens is 1. The monoisotopic (exact) mass is 540 g/mol. The third kappa shape index (κ3) is 5.57. The second-order valence-corrected chi connectivity index (χ2v) is 9.89. The summed E-state index contributed by atoms with van der Waals surface area (Å²) in [4.78, 5) is 43.0. The number of hydrogen-bond donors (Lipinski definition) is 1. The summed E-state index contributed by atoms with van der Waals surface area (Å²) in [7, 11) is 1.50. The van der Waals surface area contributed by atoms with E-state index in [9.17, 15) is 18.8 Å². The standard InChI is InChI=1S/C32H29FN2O5/c1-3-34-31(38)25-18-24-26(19-28(25)39-2)35-15-12-27(24)40-23-10-6-21(7-11-23)17-30(37)32(13-14-32)29(36)16-20-4-8-22(33)9-5-20/h4-12,15,18-19H,3,13-14,16-17H2,1-2H3,(H,34,38). The molecule has 0 atom stereocenters. The number of halogens is 1. The first-order valence-electron chi connectivity index (χ1n) is 13.2. The average molecular weight is 541 g/mol. The topological polar surface area (TPSA) is 94.6 Å². The van der Waals surface area contributed by atoms with Gasteiger partial charge in [0.05, 0.1) is 23.6 Å². The van der Waals surface area contributed by atoms with Crippen LogP contribution in [0.4, 0.5) is 4.39 Å². The molecule has 0 unspecified atom stereocenters. The van der Waals surface area contributed by atoms with Crippen LogP contribution in [0.2, 0.25) is 0 Å². The Morgan fingerprint density at radius 1 is 0.900 bits per heavy atom. The quantitative estimate of drug-likeness (QED) is 0.248. The molecule has 7 nitrogen and oxygen atoms in total. The number of ether oxygens (including phenoxy) is 2. The van der Waals surface area contributed by atoms with E-state index in [-0.39, 0.29) is 36.1 Å². The Morgan fingerprint density at radius 2 is 1.52 bits per heavy atom. The Balaban J connectivity index is 1.29. The molecule has 1 fully saturated rings. The second-order valence-electron chi connectivity index (χ2n) is 9.89. The summed E-state index contributed by atoms with van der Waals surface area (Å²) in [6, 6.07) is 18.1. The van der Waals surface area contributed by atoms with Crippen LogP contribution in [-0.2, 0) is 22.4 Å². The Hall–Kier alpha value is -4.59. The lowest BCUT2D eigenvalue weighted by Crippen LogP contribution is -2.28. The minimum Gasteiger partial charge on any atom is -0.496 e. The number of amides is 1.